The van der Waals surface area contributed by atoms with Crippen LogP contribution in [0.3, 0.4) is 0 Å². The van der Waals surface area contributed by atoms with Crippen molar-refractivity contribution in [1.29, 1.82) is 0 Å². The lowest BCUT2D eigenvalue weighted by Crippen LogP contribution is -2.70. The van der Waals surface area contributed by atoms with Gasteiger partial charge in [-0.3, -0.25) is 14.5 Å². The van der Waals surface area contributed by atoms with Crippen molar-refractivity contribution in [3.63, 3.8) is 0 Å². The zero-order valence-electron chi connectivity index (χ0n) is 37.3. The molecule has 348 valence electrons. The first-order valence-electron chi connectivity index (χ1n) is 22.1. The molecule has 2 atom stereocenters. The Morgan fingerprint density at radius 1 is 0.725 bits per heavy atom. The summed E-state index contributed by atoms with van der Waals surface area (Å²) in [6.45, 7) is 0.605. The summed E-state index contributed by atoms with van der Waals surface area (Å²) in [6.07, 6.45) is -1.58. The lowest BCUT2D eigenvalue weighted by Gasteiger charge is -2.49. The minimum absolute atomic E-state index is 0.0208. The fraction of sp³-hybridized carbons (Fsp3) is 0.167. The van der Waals surface area contributed by atoms with Gasteiger partial charge in [-0.2, -0.15) is 0 Å². The molecule has 2 amide bonds. The van der Waals surface area contributed by atoms with Crippen LogP contribution in [-0.2, 0) is 39.8 Å². The van der Waals surface area contributed by atoms with Crippen LogP contribution in [0.1, 0.15) is 39.1 Å². The van der Waals surface area contributed by atoms with Gasteiger partial charge in [0.2, 0.25) is 11.5 Å². The second kappa shape index (κ2) is 21.2. The summed E-state index contributed by atoms with van der Waals surface area (Å²) in [4.78, 5) is 54.2. The van der Waals surface area contributed by atoms with Gasteiger partial charge in [0, 0.05) is 40.5 Å². The highest BCUT2D eigenvalue weighted by Gasteiger charge is 2.54. The van der Waals surface area contributed by atoms with Crippen LogP contribution in [-0.4, -0.2) is 82.8 Å². The fourth-order valence-corrected chi connectivity index (χ4v) is 10.7. The number of carboxylic acid groups (broad SMARTS) is 1. The van der Waals surface area contributed by atoms with Gasteiger partial charge in [0.25, 0.3) is 11.8 Å². The molecule has 69 heavy (non-hydrogen) atoms. The third-order valence-corrected chi connectivity index (χ3v) is 14.0. The zero-order chi connectivity index (χ0) is 47.6. The van der Waals surface area contributed by atoms with Crippen molar-refractivity contribution in [3.05, 3.63) is 238 Å². The molecule has 0 saturated carbocycles. The number of carbonyl (C=O) groups is 3. The summed E-state index contributed by atoms with van der Waals surface area (Å²) in [5.41, 5.74) is 3.24. The number of hydrogen-bond acceptors (Lipinski definition) is 12. The number of methoxy groups -OCH3 is 1. The van der Waals surface area contributed by atoms with Crippen LogP contribution in [0.15, 0.2) is 204 Å². The van der Waals surface area contributed by atoms with E-state index in [4.69, 9.17) is 29.2 Å². The smallest absolute Gasteiger partial charge is 0.449 e. The van der Waals surface area contributed by atoms with Crippen molar-refractivity contribution in [2.75, 3.05) is 38.0 Å². The predicted octanol–water partition coefficient (Wildman–Crippen LogP) is 9.23. The number of thioether (sulfide) groups is 1. The lowest BCUT2D eigenvalue weighted by atomic mass is 9.77. The Kier molecular flexibility index (Phi) is 14.3. The number of ether oxygens (including phenoxy) is 3. The molecule has 15 heteroatoms. The van der Waals surface area contributed by atoms with Crippen LogP contribution >= 0.6 is 23.1 Å². The van der Waals surface area contributed by atoms with Gasteiger partial charge in [-0.05, 0) is 16.7 Å². The molecule has 0 bridgehead atoms. The largest absolute Gasteiger partial charge is 0.512 e. The molecule has 6 aromatic carbocycles. The highest BCUT2D eigenvalue weighted by Crippen LogP contribution is 2.44. The Hall–Kier alpha value is -7.56. The molecule has 1 unspecified atom stereocenters. The Bertz CT molecular complexity index is 2730. The van der Waals surface area contributed by atoms with E-state index in [0.29, 0.717) is 17.3 Å². The van der Waals surface area contributed by atoms with Crippen molar-refractivity contribution < 1.29 is 38.5 Å². The quantitative estimate of drug-likeness (QED) is 0.0177. The summed E-state index contributed by atoms with van der Waals surface area (Å²) in [5.74, 6) is -1.17. The number of benzene rings is 6. The molecule has 7 aromatic rings. The number of anilines is 1. The Morgan fingerprint density at radius 2 is 1.20 bits per heavy atom. The number of aromatic nitrogens is 1. The first-order chi connectivity index (χ1) is 33.8. The summed E-state index contributed by atoms with van der Waals surface area (Å²) >= 11 is 2.63. The molecule has 2 aliphatic heterocycles. The van der Waals surface area contributed by atoms with Gasteiger partial charge < -0.3 is 34.8 Å². The fourth-order valence-electron chi connectivity index (χ4n) is 8.63. The molecule has 3 N–H and O–H groups in total. The minimum atomic E-state index is -1.58. The molecule has 2 aliphatic rings. The number of rotatable bonds is 19. The Balaban J connectivity index is 1.13. The third-order valence-electron chi connectivity index (χ3n) is 11.9. The Labute approximate surface area is 407 Å². The van der Waals surface area contributed by atoms with Gasteiger partial charge in [0.15, 0.2) is 10.8 Å². The standard InChI is InChI=1S/C54H47N5O8S2/c1-64-32-33-65-34-37-35-68-50-46(48(61)59(50)49(37)66-52(62)63)56-47(60)45(58-67-54(41-26-14-5-15-27-41,42-28-16-6-17-29-42)43-30-18-7-19-31-43)44-36-69-51(55-44)57-53(38-20-8-2-9-21-38,39-22-10-3-11-23-39)40-24-12-4-13-25-40/h2-31,36,46,50H,32-35H2,1H3,(H,55,57)(H,56,60)(H,62,63)/b58-45-/t46?,50-/m0/s1. The summed E-state index contributed by atoms with van der Waals surface area (Å²) in [7, 11) is 1.54. The average Bonchev–Trinajstić information content (AvgIpc) is 3.86. The van der Waals surface area contributed by atoms with Gasteiger partial charge in [-0.15, -0.1) is 23.1 Å². The van der Waals surface area contributed by atoms with Crippen LogP contribution in [0, 0.1) is 0 Å². The third kappa shape index (κ3) is 9.50. The number of carbonyl (C=O) groups excluding carboxylic acids is 2. The van der Waals surface area contributed by atoms with Crippen LogP contribution in [0.25, 0.3) is 0 Å². The van der Waals surface area contributed by atoms with E-state index in [9.17, 15) is 14.7 Å². The van der Waals surface area contributed by atoms with Crippen LogP contribution in [0.5, 0.6) is 0 Å². The molecular formula is C54H47N5O8S2. The van der Waals surface area contributed by atoms with Crippen molar-refractivity contribution >= 4 is 51.9 Å². The molecule has 13 nitrogen and oxygen atoms in total. The Morgan fingerprint density at radius 3 is 1.67 bits per heavy atom. The molecular weight excluding hydrogens is 911 g/mol. The average molecular weight is 958 g/mol. The van der Waals surface area contributed by atoms with Crippen molar-refractivity contribution in [2.24, 2.45) is 5.16 Å². The normalized spacial score (nSPS) is 16.0. The van der Waals surface area contributed by atoms with E-state index in [1.54, 1.807) is 12.5 Å². The number of thiazole rings is 1. The van der Waals surface area contributed by atoms with E-state index < -0.39 is 40.5 Å². The summed E-state index contributed by atoms with van der Waals surface area (Å²) in [6, 6.07) is 58.1. The minimum Gasteiger partial charge on any atom is -0.449 e. The van der Waals surface area contributed by atoms with E-state index in [1.807, 2.05) is 146 Å². The molecule has 0 radical (unpaired) electrons. The lowest BCUT2D eigenvalue weighted by molar-refractivity contribution is -0.148. The molecule has 9 rings (SSSR count). The predicted molar refractivity (Wildman–Crippen MR) is 266 cm³/mol. The van der Waals surface area contributed by atoms with E-state index in [-0.39, 0.29) is 36.3 Å². The summed E-state index contributed by atoms with van der Waals surface area (Å²) < 4.78 is 15.9. The van der Waals surface area contributed by atoms with Crippen molar-refractivity contribution in [3.8, 4) is 0 Å². The molecule has 1 fully saturated rings. The number of hydrogen-bond donors (Lipinski definition) is 3. The highest BCUT2D eigenvalue weighted by atomic mass is 32.2. The molecule has 3 heterocycles. The number of fused-ring (bicyclic) bond motifs is 1. The molecule has 1 saturated heterocycles. The number of β-lactam (4-membered cyclic amide) rings is 1. The van der Waals surface area contributed by atoms with Gasteiger partial charge in [-0.1, -0.05) is 187 Å². The maximum Gasteiger partial charge on any atom is 0.512 e. The monoisotopic (exact) mass is 957 g/mol. The maximum atomic E-state index is 15.1. The van der Waals surface area contributed by atoms with Crippen LogP contribution in [0.2, 0.25) is 0 Å². The van der Waals surface area contributed by atoms with E-state index >= 15 is 4.79 Å². The number of nitrogens with zero attached hydrogens (tertiary/aromatic N) is 3. The van der Waals surface area contributed by atoms with Gasteiger partial charge in [-0.25, -0.2) is 9.78 Å². The van der Waals surface area contributed by atoms with Gasteiger partial charge in [0.1, 0.15) is 22.6 Å². The number of amides is 2. The van der Waals surface area contributed by atoms with E-state index in [0.717, 1.165) is 33.4 Å². The van der Waals surface area contributed by atoms with Gasteiger partial charge in [0.05, 0.1) is 19.8 Å². The summed E-state index contributed by atoms with van der Waals surface area (Å²) in [5, 5.41) is 22.7. The molecule has 1 aromatic heterocycles. The van der Waals surface area contributed by atoms with Gasteiger partial charge >= 0.3 is 6.16 Å². The second-order valence-corrected chi connectivity index (χ2v) is 18.0. The van der Waals surface area contributed by atoms with Crippen molar-refractivity contribution in [1.82, 2.24) is 15.2 Å². The molecule has 0 spiro atoms. The first-order valence-corrected chi connectivity index (χ1v) is 24.0. The zero-order valence-corrected chi connectivity index (χ0v) is 39.0. The van der Waals surface area contributed by atoms with Crippen LogP contribution in [0.4, 0.5) is 9.93 Å². The SMILES string of the molecule is COCCOCC1=C(OC(=O)O)N2C(=O)C(NC(=O)/C(=N\OC(c3ccccc3)(c3ccccc3)c3ccccc3)c3csc(NC(c4ccccc4)(c4ccccc4)c4ccccc4)n3)[C@@H]2SC1. The van der Waals surface area contributed by atoms with E-state index in [1.165, 1.54) is 28.0 Å². The first kappa shape index (κ1) is 46.5. The van der Waals surface area contributed by atoms with Crippen LogP contribution < -0.4 is 10.6 Å². The van der Waals surface area contributed by atoms with Crippen molar-refractivity contribution in [2.45, 2.75) is 22.6 Å². The maximum absolute atomic E-state index is 15.1. The highest BCUT2D eigenvalue weighted by molar-refractivity contribution is 8.00. The molecule has 0 aliphatic carbocycles. The van der Waals surface area contributed by atoms with E-state index in [2.05, 4.69) is 47.0 Å². The number of nitrogens with one attached hydrogen (secondary N) is 2. The number of oxime groups is 1. The topological polar surface area (TPSA) is 161 Å². The second-order valence-electron chi connectivity index (χ2n) is 16.0.